The number of hydrogen-bond acceptors (Lipinski definition) is 1. The molecule has 156 valence electrons. The highest BCUT2D eigenvalue weighted by Crippen LogP contribution is 2.35. The van der Waals surface area contributed by atoms with Crippen molar-refractivity contribution in [2.75, 3.05) is 6.54 Å². The molecule has 0 radical (unpaired) electrons. The van der Waals surface area contributed by atoms with E-state index in [0.29, 0.717) is 6.04 Å². The van der Waals surface area contributed by atoms with Gasteiger partial charge in [0.15, 0.2) is 6.17 Å². The number of carbonyl (C=O) groups excluding carboxylic acids is 1. The van der Waals surface area contributed by atoms with Crippen LogP contribution < -0.4 is 5.32 Å². The van der Waals surface area contributed by atoms with Crippen molar-refractivity contribution in [1.82, 2.24) is 4.90 Å². The number of amides is 1. The lowest BCUT2D eigenvalue weighted by Crippen LogP contribution is -2.94. The third-order valence-corrected chi connectivity index (χ3v) is 7.36. The molecule has 2 atom stereocenters. The predicted molar refractivity (Wildman–Crippen MR) is 120 cm³/mol. The number of aryl methyl sites for hydroxylation is 1. The van der Waals surface area contributed by atoms with Gasteiger partial charge in [-0.1, -0.05) is 48.0 Å². The first-order chi connectivity index (χ1) is 14.7. The zero-order valence-electron chi connectivity index (χ0n) is 17.4. The molecule has 0 spiro atoms. The number of hydrogen-bond donors (Lipinski definition) is 1. The van der Waals surface area contributed by atoms with Gasteiger partial charge in [-0.2, -0.15) is 0 Å². The molecule has 1 amide bonds. The molecule has 2 aromatic carbocycles. The van der Waals surface area contributed by atoms with Crippen molar-refractivity contribution < 1.29 is 10.1 Å². The second-order valence-corrected chi connectivity index (χ2v) is 9.36. The first-order valence-electron chi connectivity index (χ1n) is 11.4. The highest BCUT2D eigenvalue weighted by Gasteiger charge is 2.43. The summed E-state index contributed by atoms with van der Waals surface area (Å²) in [6.07, 6.45) is 9.03. The topological polar surface area (TPSA) is 36.9 Å². The third kappa shape index (κ3) is 3.81. The molecule has 1 heterocycles. The summed E-state index contributed by atoms with van der Waals surface area (Å²) in [6.45, 7) is 0.767. The maximum Gasteiger partial charge on any atom is 0.254 e. The van der Waals surface area contributed by atoms with E-state index in [2.05, 4.69) is 46.6 Å². The van der Waals surface area contributed by atoms with Crippen LogP contribution in [0.2, 0.25) is 5.02 Å². The van der Waals surface area contributed by atoms with Crippen LogP contribution in [0.3, 0.4) is 0 Å². The zero-order valence-corrected chi connectivity index (χ0v) is 18.2. The monoisotopic (exact) mass is 421 g/mol. The Balaban J connectivity index is 1.39. The summed E-state index contributed by atoms with van der Waals surface area (Å²) < 4.78 is 0. The molecule has 0 bridgehead atoms. The quantitative estimate of drug-likeness (QED) is 0.754. The van der Waals surface area contributed by atoms with Gasteiger partial charge in [0.2, 0.25) is 0 Å². The Morgan fingerprint density at radius 3 is 2.63 bits per heavy atom. The van der Waals surface area contributed by atoms with Crippen molar-refractivity contribution in [2.45, 2.75) is 63.6 Å². The van der Waals surface area contributed by atoms with E-state index in [0.717, 1.165) is 42.8 Å². The third-order valence-electron chi connectivity index (χ3n) is 7.11. The summed E-state index contributed by atoms with van der Waals surface area (Å²) in [5.74, 6) is 0.281. The minimum atomic E-state index is 0.163. The Hall–Kier alpha value is -2.10. The van der Waals surface area contributed by atoms with Crippen LogP contribution in [-0.4, -0.2) is 23.5 Å². The SMILES string of the molecule is O=C1C2=C(CCCC2)[C@@H]([NH2+][C@@H]2CCCc3ccccc32)N1CCc1ccc(Cl)cc1. The molecular weight excluding hydrogens is 392 g/mol. The number of rotatable bonds is 5. The molecule has 2 aromatic rings. The minimum absolute atomic E-state index is 0.163. The van der Waals surface area contributed by atoms with Gasteiger partial charge in [-0.05, 0) is 68.2 Å². The van der Waals surface area contributed by atoms with E-state index in [1.807, 2.05) is 12.1 Å². The highest BCUT2D eigenvalue weighted by atomic mass is 35.5. The van der Waals surface area contributed by atoms with Crippen LogP contribution in [0, 0.1) is 0 Å². The van der Waals surface area contributed by atoms with Crippen LogP contribution in [0.1, 0.15) is 61.3 Å². The van der Waals surface area contributed by atoms with Crippen molar-refractivity contribution in [3.63, 3.8) is 0 Å². The van der Waals surface area contributed by atoms with Gasteiger partial charge in [0.05, 0.1) is 0 Å². The normalized spacial score (nSPS) is 23.5. The second-order valence-electron chi connectivity index (χ2n) is 8.92. The number of quaternary nitrogens is 1. The molecule has 4 heteroatoms. The molecule has 2 N–H and O–H groups in total. The van der Waals surface area contributed by atoms with E-state index in [1.54, 1.807) is 0 Å². The van der Waals surface area contributed by atoms with Crippen LogP contribution in [0.4, 0.5) is 0 Å². The Labute approximate surface area is 184 Å². The van der Waals surface area contributed by atoms with Gasteiger partial charge in [0.25, 0.3) is 5.91 Å². The molecule has 0 aromatic heterocycles. The van der Waals surface area contributed by atoms with Gasteiger partial charge in [-0.3, -0.25) is 9.69 Å². The lowest BCUT2D eigenvalue weighted by molar-refractivity contribution is -0.735. The van der Waals surface area contributed by atoms with Crippen LogP contribution in [-0.2, 0) is 17.6 Å². The summed E-state index contributed by atoms with van der Waals surface area (Å²) >= 11 is 6.04. The number of fused-ring (bicyclic) bond motifs is 1. The maximum absolute atomic E-state index is 13.3. The van der Waals surface area contributed by atoms with Gasteiger partial charge in [0, 0.05) is 34.7 Å². The lowest BCUT2D eigenvalue weighted by Gasteiger charge is -2.31. The lowest BCUT2D eigenvalue weighted by atomic mass is 9.86. The van der Waals surface area contributed by atoms with Crippen LogP contribution in [0.15, 0.2) is 59.7 Å². The van der Waals surface area contributed by atoms with Crippen molar-refractivity contribution in [3.8, 4) is 0 Å². The van der Waals surface area contributed by atoms with Gasteiger partial charge in [-0.15, -0.1) is 0 Å². The Kier molecular flexibility index (Phi) is 5.66. The molecule has 0 saturated carbocycles. The summed E-state index contributed by atoms with van der Waals surface area (Å²) in [6, 6.07) is 17.4. The molecule has 1 aliphatic heterocycles. The minimum Gasteiger partial charge on any atom is -0.317 e. The molecule has 0 unspecified atom stereocenters. The largest absolute Gasteiger partial charge is 0.317 e. The fourth-order valence-electron chi connectivity index (χ4n) is 5.56. The van der Waals surface area contributed by atoms with Crippen molar-refractivity contribution in [3.05, 3.63) is 81.4 Å². The van der Waals surface area contributed by atoms with Gasteiger partial charge < -0.3 is 5.32 Å². The van der Waals surface area contributed by atoms with Crippen molar-refractivity contribution in [2.24, 2.45) is 0 Å². The van der Waals surface area contributed by atoms with Crippen molar-refractivity contribution in [1.29, 1.82) is 0 Å². The Bertz CT molecular complexity index is 965. The Morgan fingerprint density at radius 2 is 1.77 bits per heavy atom. The smallest absolute Gasteiger partial charge is 0.254 e. The molecule has 30 heavy (non-hydrogen) atoms. The fourth-order valence-corrected chi connectivity index (χ4v) is 5.69. The zero-order chi connectivity index (χ0) is 20.5. The van der Waals surface area contributed by atoms with E-state index in [4.69, 9.17) is 11.6 Å². The maximum atomic E-state index is 13.3. The summed E-state index contributed by atoms with van der Waals surface area (Å²) in [7, 11) is 0. The highest BCUT2D eigenvalue weighted by molar-refractivity contribution is 6.30. The second kappa shape index (κ2) is 8.56. The van der Waals surface area contributed by atoms with Gasteiger partial charge >= 0.3 is 0 Å². The first-order valence-corrected chi connectivity index (χ1v) is 11.8. The molecule has 5 rings (SSSR count). The number of halogens is 1. The average Bonchev–Trinajstić information content (AvgIpc) is 3.05. The van der Waals surface area contributed by atoms with Crippen molar-refractivity contribution >= 4 is 17.5 Å². The van der Waals surface area contributed by atoms with Gasteiger partial charge in [-0.25, -0.2) is 0 Å². The number of benzene rings is 2. The summed E-state index contributed by atoms with van der Waals surface area (Å²) in [4.78, 5) is 15.5. The van der Waals surface area contributed by atoms with Crippen LogP contribution >= 0.6 is 11.6 Å². The summed E-state index contributed by atoms with van der Waals surface area (Å²) in [5, 5.41) is 3.26. The van der Waals surface area contributed by atoms with Crippen LogP contribution in [0.5, 0.6) is 0 Å². The number of carbonyl (C=O) groups is 1. The molecule has 3 nitrogen and oxygen atoms in total. The molecule has 2 aliphatic carbocycles. The van der Waals surface area contributed by atoms with E-state index < -0.39 is 0 Å². The average molecular weight is 422 g/mol. The standard InChI is InChI=1S/C26H29ClN2O/c27-20-14-12-18(13-15-20)16-17-29-25(22-9-3-4-10-23(22)26(29)30)28-24-11-5-7-19-6-1-2-8-21(19)24/h1-2,6,8,12-15,24-25,28H,3-5,7,9-11,16-17H2/p+1/t24-,25+/m1/s1. The fraction of sp³-hybridized carbons (Fsp3) is 0.423. The Morgan fingerprint density at radius 1 is 0.967 bits per heavy atom. The predicted octanol–water partition coefficient (Wildman–Crippen LogP) is 4.56. The molecular formula is C26H30ClN2O+. The van der Waals surface area contributed by atoms with E-state index in [1.165, 1.54) is 47.9 Å². The van der Waals surface area contributed by atoms with E-state index >= 15 is 0 Å². The first kappa shape index (κ1) is 19.8. The van der Waals surface area contributed by atoms with E-state index in [9.17, 15) is 4.79 Å². The molecule has 3 aliphatic rings. The van der Waals surface area contributed by atoms with Crippen LogP contribution in [0.25, 0.3) is 0 Å². The van der Waals surface area contributed by atoms with E-state index in [-0.39, 0.29) is 12.1 Å². The van der Waals surface area contributed by atoms with Gasteiger partial charge in [0.1, 0.15) is 6.04 Å². The summed E-state index contributed by atoms with van der Waals surface area (Å²) in [5.41, 5.74) is 6.71. The number of nitrogens with two attached hydrogens (primary N) is 1. The molecule has 0 fully saturated rings. The number of nitrogens with zero attached hydrogens (tertiary/aromatic N) is 1. The molecule has 0 saturated heterocycles.